The molecule has 7 nitrogen and oxygen atoms in total. The van der Waals surface area contributed by atoms with Crippen LogP contribution in [0.25, 0.3) is 0 Å². The highest BCUT2D eigenvalue weighted by molar-refractivity contribution is 5.95. The number of amides is 1. The van der Waals surface area contributed by atoms with E-state index in [0.717, 1.165) is 30.3 Å². The first kappa shape index (κ1) is 18.9. The summed E-state index contributed by atoms with van der Waals surface area (Å²) in [6.45, 7) is 5.16. The minimum Gasteiger partial charge on any atom is -0.378 e. The van der Waals surface area contributed by atoms with Crippen LogP contribution in [0.1, 0.15) is 28.9 Å². The highest BCUT2D eigenvalue weighted by Gasteiger charge is 2.15. The molecule has 2 N–H and O–H groups in total. The third-order valence-corrected chi connectivity index (χ3v) is 4.59. The molecule has 2 aromatic rings. The predicted octanol–water partition coefficient (Wildman–Crippen LogP) is 2.29. The number of aromatic nitrogens is 2. The van der Waals surface area contributed by atoms with Gasteiger partial charge in [-0.15, -0.1) is 0 Å². The van der Waals surface area contributed by atoms with Gasteiger partial charge in [0.2, 0.25) is 5.95 Å². The van der Waals surface area contributed by atoms with E-state index in [1.54, 1.807) is 0 Å². The molecule has 1 aliphatic heterocycles. The average molecular weight is 368 g/mol. The molecule has 1 aromatic carbocycles. The Labute approximate surface area is 160 Å². The Bertz CT molecular complexity index is 786. The van der Waals surface area contributed by atoms with Crippen LogP contribution >= 0.6 is 0 Å². The van der Waals surface area contributed by atoms with Crippen LogP contribution in [0, 0.1) is 6.92 Å². The molecule has 1 aromatic heterocycles. The topological polar surface area (TPSA) is 73.4 Å². The van der Waals surface area contributed by atoms with Crippen LogP contribution in [0.5, 0.6) is 0 Å². The molecule has 2 heterocycles. The number of carbonyl (C=O) groups is 1. The van der Waals surface area contributed by atoms with Crippen molar-refractivity contribution in [2.45, 2.75) is 19.8 Å². The normalized spacial score (nSPS) is 13.5. The lowest BCUT2D eigenvalue weighted by Crippen LogP contribution is -2.29. The molecular weight excluding hydrogens is 340 g/mol. The quantitative estimate of drug-likeness (QED) is 0.731. The van der Waals surface area contributed by atoms with Crippen LogP contribution in [0.2, 0.25) is 0 Å². The number of hydrogen-bond acceptors (Lipinski definition) is 6. The number of anilines is 3. The van der Waals surface area contributed by atoms with Crippen molar-refractivity contribution in [1.82, 2.24) is 15.3 Å². The van der Waals surface area contributed by atoms with E-state index in [1.165, 1.54) is 12.8 Å². The molecule has 0 radical (unpaired) electrons. The average Bonchev–Trinajstić information content (AvgIpc) is 3.19. The molecule has 27 heavy (non-hydrogen) atoms. The maximum Gasteiger partial charge on any atom is 0.251 e. The summed E-state index contributed by atoms with van der Waals surface area (Å²) in [5, 5.41) is 6.15. The highest BCUT2D eigenvalue weighted by atomic mass is 16.1. The van der Waals surface area contributed by atoms with E-state index < -0.39 is 0 Å². The molecule has 1 amide bonds. The Morgan fingerprint density at radius 1 is 1.15 bits per heavy atom. The van der Waals surface area contributed by atoms with Crippen molar-refractivity contribution in [2.24, 2.45) is 0 Å². The molecule has 3 rings (SSSR count). The van der Waals surface area contributed by atoms with Crippen molar-refractivity contribution in [3.8, 4) is 0 Å². The number of rotatable bonds is 7. The summed E-state index contributed by atoms with van der Waals surface area (Å²) in [4.78, 5) is 25.6. The van der Waals surface area contributed by atoms with Crippen molar-refractivity contribution in [3.63, 3.8) is 0 Å². The first-order valence-electron chi connectivity index (χ1n) is 9.43. The van der Waals surface area contributed by atoms with E-state index in [2.05, 4.69) is 25.5 Å². The van der Waals surface area contributed by atoms with Crippen molar-refractivity contribution in [1.29, 1.82) is 0 Å². The smallest absolute Gasteiger partial charge is 0.251 e. The SMILES string of the molecule is Cc1cc(N2CCCC2)nc(NCCNC(=O)c2cccc(N(C)C)c2)n1. The lowest BCUT2D eigenvalue weighted by molar-refractivity contribution is 0.0955. The number of aryl methyl sites for hydroxylation is 1. The number of nitrogens with zero attached hydrogens (tertiary/aromatic N) is 4. The largest absolute Gasteiger partial charge is 0.378 e. The van der Waals surface area contributed by atoms with Gasteiger partial charge in [0.25, 0.3) is 5.91 Å². The van der Waals surface area contributed by atoms with Gasteiger partial charge in [-0.3, -0.25) is 4.79 Å². The molecular formula is C20H28N6O. The van der Waals surface area contributed by atoms with Gasteiger partial charge in [-0.1, -0.05) is 6.07 Å². The van der Waals surface area contributed by atoms with Gasteiger partial charge in [0.1, 0.15) is 5.82 Å². The molecule has 0 bridgehead atoms. The van der Waals surface area contributed by atoms with Crippen molar-refractivity contribution < 1.29 is 4.79 Å². The van der Waals surface area contributed by atoms with E-state index >= 15 is 0 Å². The highest BCUT2D eigenvalue weighted by Crippen LogP contribution is 2.19. The Balaban J connectivity index is 1.51. The second-order valence-electron chi connectivity index (χ2n) is 7.01. The zero-order chi connectivity index (χ0) is 19.2. The fourth-order valence-corrected chi connectivity index (χ4v) is 3.12. The molecule has 1 aliphatic rings. The number of benzene rings is 1. The van der Waals surface area contributed by atoms with Crippen LogP contribution in [0.3, 0.4) is 0 Å². The number of carbonyl (C=O) groups excluding carboxylic acids is 1. The minimum atomic E-state index is -0.0802. The van der Waals surface area contributed by atoms with Crippen LogP contribution < -0.4 is 20.4 Å². The van der Waals surface area contributed by atoms with Gasteiger partial charge < -0.3 is 20.4 Å². The monoisotopic (exact) mass is 368 g/mol. The molecule has 0 spiro atoms. The summed E-state index contributed by atoms with van der Waals surface area (Å²) >= 11 is 0. The van der Waals surface area contributed by atoms with Crippen LogP contribution in [-0.4, -0.2) is 56.1 Å². The lowest BCUT2D eigenvalue weighted by Gasteiger charge is -2.17. The number of hydrogen-bond donors (Lipinski definition) is 2. The van der Waals surface area contributed by atoms with Crippen LogP contribution in [0.4, 0.5) is 17.5 Å². The van der Waals surface area contributed by atoms with Crippen molar-refractivity contribution >= 4 is 23.4 Å². The van der Waals surface area contributed by atoms with Gasteiger partial charge in [0.05, 0.1) is 0 Å². The Kier molecular flexibility index (Phi) is 6.11. The zero-order valence-corrected chi connectivity index (χ0v) is 16.3. The summed E-state index contributed by atoms with van der Waals surface area (Å²) in [6, 6.07) is 9.60. The Morgan fingerprint density at radius 2 is 1.93 bits per heavy atom. The Hall–Kier alpha value is -2.83. The van der Waals surface area contributed by atoms with Gasteiger partial charge in [0.15, 0.2) is 0 Å². The fraction of sp³-hybridized carbons (Fsp3) is 0.450. The standard InChI is InChI=1S/C20H28N6O/c1-15-13-18(26-11-4-5-12-26)24-20(23-15)22-10-9-21-19(27)16-7-6-8-17(14-16)25(2)3/h6-8,13-14H,4-5,9-12H2,1-3H3,(H,21,27)(H,22,23,24). The predicted molar refractivity (Wildman–Crippen MR) is 110 cm³/mol. The third-order valence-electron chi connectivity index (χ3n) is 4.59. The van der Waals surface area contributed by atoms with Crippen molar-refractivity contribution in [2.75, 3.05) is 55.4 Å². The molecule has 0 unspecified atom stereocenters. The maximum atomic E-state index is 12.3. The van der Waals surface area contributed by atoms with E-state index in [4.69, 9.17) is 0 Å². The summed E-state index contributed by atoms with van der Waals surface area (Å²) in [7, 11) is 3.92. The second-order valence-corrected chi connectivity index (χ2v) is 7.01. The fourth-order valence-electron chi connectivity index (χ4n) is 3.12. The van der Waals surface area contributed by atoms with Crippen LogP contribution in [0.15, 0.2) is 30.3 Å². The minimum absolute atomic E-state index is 0.0802. The van der Waals surface area contributed by atoms with Gasteiger partial charge in [-0.05, 0) is 38.0 Å². The molecule has 144 valence electrons. The maximum absolute atomic E-state index is 12.3. The first-order valence-corrected chi connectivity index (χ1v) is 9.43. The first-order chi connectivity index (χ1) is 13.0. The summed E-state index contributed by atoms with van der Waals surface area (Å²) in [5.41, 5.74) is 2.60. The summed E-state index contributed by atoms with van der Waals surface area (Å²) in [5.74, 6) is 1.51. The molecule has 0 aliphatic carbocycles. The number of nitrogens with one attached hydrogen (secondary N) is 2. The van der Waals surface area contributed by atoms with Gasteiger partial charge in [0, 0.05) is 63.3 Å². The van der Waals surface area contributed by atoms with Crippen molar-refractivity contribution in [3.05, 3.63) is 41.6 Å². The van der Waals surface area contributed by atoms with Gasteiger partial charge >= 0.3 is 0 Å². The molecule has 1 saturated heterocycles. The Morgan fingerprint density at radius 3 is 2.67 bits per heavy atom. The van der Waals surface area contributed by atoms with Crippen LogP contribution in [-0.2, 0) is 0 Å². The lowest BCUT2D eigenvalue weighted by atomic mass is 10.2. The molecule has 7 heteroatoms. The second kappa shape index (κ2) is 8.70. The van der Waals surface area contributed by atoms with E-state index in [9.17, 15) is 4.79 Å². The summed E-state index contributed by atoms with van der Waals surface area (Å²) in [6.07, 6.45) is 2.43. The van der Waals surface area contributed by atoms with Gasteiger partial charge in [-0.2, -0.15) is 4.98 Å². The summed E-state index contributed by atoms with van der Waals surface area (Å²) < 4.78 is 0. The van der Waals surface area contributed by atoms with Gasteiger partial charge in [-0.25, -0.2) is 4.98 Å². The molecule has 1 fully saturated rings. The molecule has 0 saturated carbocycles. The third kappa shape index (κ3) is 5.09. The zero-order valence-electron chi connectivity index (χ0n) is 16.3. The molecule has 0 atom stereocenters. The van der Waals surface area contributed by atoms with E-state index in [1.807, 2.05) is 56.3 Å². The van der Waals surface area contributed by atoms with E-state index in [-0.39, 0.29) is 5.91 Å². The van der Waals surface area contributed by atoms with E-state index in [0.29, 0.717) is 24.6 Å².